The third-order valence-corrected chi connectivity index (χ3v) is 3.20. The van der Waals surface area contributed by atoms with Crippen molar-refractivity contribution >= 4 is 41.3 Å². The summed E-state index contributed by atoms with van der Waals surface area (Å²) in [7, 11) is 3.21. The summed E-state index contributed by atoms with van der Waals surface area (Å²) in [5.74, 6) is 0.578. The second kappa shape index (κ2) is 10.2. The standard InChI is InChI=1S/C11H17F3N4OS.HI/c1-15-10(17-5-6-19-2)16-4-3-9-18-8(7-20-9)11(12,13)14;/h7H,3-6H2,1-2H3,(H2,15,16,17);1H. The first-order valence-corrected chi connectivity index (χ1v) is 6.80. The Morgan fingerprint density at radius 2 is 2.05 bits per heavy atom. The van der Waals surface area contributed by atoms with Gasteiger partial charge in [0.2, 0.25) is 0 Å². The number of aromatic nitrogens is 1. The van der Waals surface area contributed by atoms with Gasteiger partial charge in [-0.15, -0.1) is 35.3 Å². The number of nitrogens with one attached hydrogen (secondary N) is 2. The minimum atomic E-state index is -4.38. The van der Waals surface area contributed by atoms with Gasteiger partial charge in [0.15, 0.2) is 11.7 Å². The molecule has 0 aliphatic heterocycles. The summed E-state index contributed by atoms with van der Waals surface area (Å²) in [5, 5.41) is 7.47. The van der Waals surface area contributed by atoms with Crippen molar-refractivity contribution in [1.82, 2.24) is 15.6 Å². The Hall–Kier alpha value is -0.620. The lowest BCUT2D eigenvalue weighted by Gasteiger charge is -2.10. The summed E-state index contributed by atoms with van der Waals surface area (Å²) in [6.45, 7) is 1.60. The maximum absolute atomic E-state index is 12.4. The van der Waals surface area contributed by atoms with Gasteiger partial charge in [0.1, 0.15) is 0 Å². The van der Waals surface area contributed by atoms with Crippen LogP contribution in [0.25, 0.3) is 0 Å². The number of halogens is 4. The minimum absolute atomic E-state index is 0. The first kappa shape index (κ1) is 20.4. The van der Waals surface area contributed by atoms with Crippen LogP contribution in [0.3, 0.4) is 0 Å². The molecule has 0 saturated carbocycles. The van der Waals surface area contributed by atoms with Gasteiger partial charge in [-0.05, 0) is 0 Å². The summed E-state index contributed by atoms with van der Waals surface area (Å²) in [6, 6.07) is 0. The molecule has 1 heterocycles. The van der Waals surface area contributed by atoms with Gasteiger partial charge >= 0.3 is 6.18 Å². The SMILES string of the molecule is CN=C(NCCOC)NCCc1nc(C(F)(F)F)cs1.I. The lowest BCUT2D eigenvalue weighted by atomic mass is 10.4. The number of ether oxygens (including phenoxy) is 1. The Morgan fingerprint density at radius 1 is 1.38 bits per heavy atom. The molecule has 0 aliphatic rings. The molecule has 0 spiro atoms. The van der Waals surface area contributed by atoms with Crippen molar-refractivity contribution in [2.75, 3.05) is 33.9 Å². The summed E-state index contributed by atoms with van der Waals surface area (Å²) in [4.78, 5) is 7.53. The molecule has 1 aromatic rings. The molecule has 1 rings (SSSR count). The van der Waals surface area contributed by atoms with Crippen LogP contribution in [0, 0.1) is 0 Å². The third-order valence-electron chi connectivity index (χ3n) is 2.30. The lowest BCUT2D eigenvalue weighted by Crippen LogP contribution is -2.39. The van der Waals surface area contributed by atoms with Gasteiger partial charge in [0.25, 0.3) is 0 Å². The van der Waals surface area contributed by atoms with Crippen LogP contribution >= 0.6 is 35.3 Å². The number of guanidine groups is 1. The van der Waals surface area contributed by atoms with E-state index >= 15 is 0 Å². The molecule has 0 amide bonds. The maximum atomic E-state index is 12.4. The fourth-order valence-electron chi connectivity index (χ4n) is 1.34. The molecule has 10 heteroatoms. The third kappa shape index (κ3) is 7.81. The number of aliphatic imine (C=N–C) groups is 1. The molecular weight excluding hydrogens is 420 g/mol. The van der Waals surface area contributed by atoms with Crippen LogP contribution < -0.4 is 10.6 Å². The largest absolute Gasteiger partial charge is 0.434 e. The molecular formula is C11H18F3IN4OS. The zero-order valence-electron chi connectivity index (χ0n) is 11.7. The van der Waals surface area contributed by atoms with Crippen molar-refractivity contribution < 1.29 is 17.9 Å². The van der Waals surface area contributed by atoms with E-state index in [1.807, 2.05) is 0 Å². The van der Waals surface area contributed by atoms with Gasteiger partial charge in [0.05, 0.1) is 11.6 Å². The van der Waals surface area contributed by atoms with E-state index in [9.17, 15) is 13.2 Å². The van der Waals surface area contributed by atoms with E-state index in [1.165, 1.54) is 0 Å². The number of rotatable bonds is 6. The number of hydrogen-bond donors (Lipinski definition) is 2. The van der Waals surface area contributed by atoms with E-state index in [0.29, 0.717) is 37.1 Å². The van der Waals surface area contributed by atoms with Crippen molar-refractivity contribution in [3.63, 3.8) is 0 Å². The molecule has 5 nitrogen and oxygen atoms in total. The summed E-state index contributed by atoms with van der Waals surface area (Å²) < 4.78 is 42.0. The van der Waals surface area contributed by atoms with Crippen LogP contribution in [0.1, 0.15) is 10.7 Å². The Labute approximate surface area is 142 Å². The quantitative estimate of drug-likeness (QED) is 0.309. The monoisotopic (exact) mass is 438 g/mol. The fraction of sp³-hybridized carbons (Fsp3) is 0.636. The van der Waals surface area contributed by atoms with E-state index in [0.717, 1.165) is 16.7 Å². The molecule has 1 aromatic heterocycles. The number of methoxy groups -OCH3 is 1. The van der Waals surface area contributed by atoms with Gasteiger partial charge in [-0.25, -0.2) is 4.98 Å². The predicted molar refractivity (Wildman–Crippen MR) is 87.5 cm³/mol. The van der Waals surface area contributed by atoms with Crippen LogP contribution in [0.4, 0.5) is 13.2 Å². The topological polar surface area (TPSA) is 58.5 Å². The van der Waals surface area contributed by atoms with E-state index in [1.54, 1.807) is 14.2 Å². The molecule has 0 atom stereocenters. The van der Waals surface area contributed by atoms with Crippen LogP contribution in [-0.2, 0) is 17.3 Å². The zero-order valence-corrected chi connectivity index (χ0v) is 14.8. The van der Waals surface area contributed by atoms with Crippen LogP contribution in [0.15, 0.2) is 10.4 Å². The average Bonchev–Trinajstić information content (AvgIpc) is 2.86. The van der Waals surface area contributed by atoms with E-state index in [-0.39, 0.29) is 24.0 Å². The predicted octanol–water partition coefficient (Wildman–Crippen LogP) is 2.13. The number of thiazole rings is 1. The Bertz CT molecular complexity index is 439. The maximum Gasteiger partial charge on any atom is 0.434 e. The van der Waals surface area contributed by atoms with Crippen molar-refractivity contribution in [2.45, 2.75) is 12.6 Å². The van der Waals surface area contributed by atoms with Crippen molar-refractivity contribution in [1.29, 1.82) is 0 Å². The molecule has 0 radical (unpaired) electrons. The first-order valence-electron chi connectivity index (χ1n) is 5.92. The second-order valence-corrected chi connectivity index (χ2v) is 4.74. The van der Waals surface area contributed by atoms with Gasteiger partial charge in [-0.1, -0.05) is 0 Å². The number of hydrogen-bond acceptors (Lipinski definition) is 4. The summed E-state index contributed by atoms with van der Waals surface area (Å²) in [5.41, 5.74) is -0.833. The van der Waals surface area contributed by atoms with Crippen LogP contribution in [-0.4, -0.2) is 44.8 Å². The van der Waals surface area contributed by atoms with Gasteiger partial charge in [-0.3, -0.25) is 4.99 Å². The number of alkyl halides is 3. The molecule has 2 N–H and O–H groups in total. The van der Waals surface area contributed by atoms with Crippen molar-refractivity contribution in [3.05, 3.63) is 16.1 Å². The highest BCUT2D eigenvalue weighted by Gasteiger charge is 2.33. The average molecular weight is 438 g/mol. The molecule has 122 valence electrons. The van der Waals surface area contributed by atoms with Crippen LogP contribution in [0.5, 0.6) is 0 Å². The molecule has 0 fully saturated rings. The van der Waals surface area contributed by atoms with Crippen molar-refractivity contribution in [3.8, 4) is 0 Å². The summed E-state index contributed by atoms with van der Waals surface area (Å²) in [6.07, 6.45) is -3.97. The van der Waals surface area contributed by atoms with E-state index in [2.05, 4.69) is 20.6 Å². The second-order valence-electron chi connectivity index (χ2n) is 3.79. The summed E-state index contributed by atoms with van der Waals surface area (Å²) >= 11 is 1.01. The molecule has 21 heavy (non-hydrogen) atoms. The van der Waals surface area contributed by atoms with Gasteiger partial charge in [0, 0.05) is 39.0 Å². The zero-order chi connectivity index (χ0) is 15.0. The molecule has 0 unspecified atom stereocenters. The normalized spacial score (nSPS) is 12.0. The Morgan fingerprint density at radius 3 is 2.57 bits per heavy atom. The highest BCUT2D eigenvalue weighted by Crippen LogP contribution is 2.29. The first-order chi connectivity index (χ1) is 9.47. The molecule has 0 saturated heterocycles. The smallest absolute Gasteiger partial charge is 0.383 e. The molecule has 0 bridgehead atoms. The minimum Gasteiger partial charge on any atom is -0.383 e. The highest BCUT2D eigenvalue weighted by atomic mass is 127. The van der Waals surface area contributed by atoms with E-state index < -0.39 is 11.9 Å². The van der Waals surface area contributed by atoms with Gasteiger partial charge < -0.3 is 15.4 Å². The number of nitrogens with zero attached hydrogens (tertiary/aromatic N) is 2. The Balaban J connectivity index is 0.00000400. The lowest BCUT2D eigenvalue weighted by molar-refractivity contribution is -0.140. The van der Waals surface area contributed by atoms with Crippen LogP contribution in [0.2, 0.25) is 0 Å². The van der Waals surface area contributed by atoms with Crippen molar-refractivity contribution in [2.24, 2.45) is 4.99 Å². The Kier molecular flexibility index (Phi) is 9.86. The fourth-order valence-corrected chi connectivity index (χ4v) is 2.14. The van der Waals surface area contributed by atoms with Gasteiger partial charge in [-0.2, -0.15) is 13.2 Å². The van der Waals surface area contributed by atoms with E-state index in [4.69, 9.17) is 4.74 Å². The molecule has 0 aliphatic carbocycles. The molecule has 0 aromatic carbocycles. The highest BCUT2D eigenvalue weighted by molar-refractivity contribution is 14.0.